The summed E-state index contributed by atoms with van der Waals surface area (Å²) in [6.45, 7) is 3.13. The molecule has 3 heteroatoms. The molecule has 0 aromatic heterocycles. The maximum Gasteiger partial charge on any atom is 0.121 e. The summed E-state index contributed by atoms with van der Waals surface area (Å²) >= 11 is 0. The average Bonchev–Trinajstić information content (AvgIpc) is 2.55. The summed E-state index contributed by atoms with van der Waals surface area (Å²) in [5.41, 5.74) is 9.17. The fourth-order valence-electron chi connectivity index (χ4n) is 2.95. The van der Waals surface area contributed by atoms with Gasteiger partial charge in [-0.05, 0) is 56.6 Å². The van der Waals surface area contributed by atoms with Gasteiger partial charge in [0.15, 0.2) is 0 Å². The van der Waals surface area contributed by atoms with E-state index < -0.39 is 0 Å². The van der Waals surface area contributed by atoms with Crippen molar-refractivity contribution in [3.05, 3.63) is 48.5 Å². The predicted molar refractivity (Wildman–Crippen MR) is 92.0 cm³/mol. The Bertz CT molecular complexity index is 604. The third-order valence-electron chi connectivity index (χ3n) is 4.43. The molecular formula is C19H24N2O. The smallest absolute Gasteiger partial charge is 0.121 e. The van der Waals surface area contributed by atoms with Gasteiger partial charge in [-0.15, -0.1) is 0 Å². The molecule has 2 aromatic carbocycles. The van der Waals surface area contributed by atoms with Gasteiger partial charge in [0.1, 0.15) is 5.75 Å². The fraction of sp³-hybridized carbons (Fsp3) is 0.368. The number of hydrogen-bond acceptors (Lipinski definition) is 3. The molecular weight excluding hydrogens is 272 g/mol. The molecule has 0 aliphatic carbocycles. The quantitative estimate of drug-likeness (QED) is 0.875. The Morgan fingerprint density at radius 2 is 1.82 bits per heavy atom. The van der Waals surface area contributed by atoms with Crippen molar-refractivity contribution in [3.8, 4) is 16.9 Å². The molecule has 1 saturated heterocycles. The summed E-state index contributed by atoms with van der Waals surface area (Å²) in [5, 5.41) is 0. The van der Waals surface area contributed by atoms with Crippen LogP contribution in [0.3, 0.4) is 0 Å². The second kappa shape index (κ2) is 6.84. The van der Waals surface area contributed by atoms with Crippen molar-refractivity contribution in [2.24, 2.45) is 5.92 Å². The molecule has 1 aliphatic heterocycles. The number of benzene rings is 2. The third kappa shape index (κ3) is 3.60. The monoisotopic (exact) mass is 296 g/mol. The number of anilines is 1. The lowest BCUT2D eigenvalue weighted by Gasteiger charge is -2.28. The maximum atomic E-state index is 6.19. The number of ether oxygens (including phenoxy) is 1. The molecule has 0 saturated carbocycles. The minimum Gasteiger partial charge on any atom is -0.493 e. The van der Waals surface area contributed by atoms with Crippen molar-refractivity contribution in [1.82, 2.24) is 4.90 Å². The minimum atomic E-state index is 0.659. The standard InChI is InChI=1S/C19H24N2O/c1-21-11-9-15(10-12-21)14-22-17-7-8-18(19(20)13-17)16-5-3-2-4-6-16/h2-8,13,15H,9-12,14,20H2,1H3. The summed E-state index contributed by atoms with van der Waals surface area (Å²) in [5.74, 6) is 1.53. The van der Waals surface area contributed by atoms with E-state index in [0.29, 0.717) is 5.92 Å². The lowest BCUT2D eigenvalue weighted by molar-refractivity contribution is 0.160. The van der Waals surface area contributed by atoms with Crippen molar-refractivity contribution in [1.29, 1.82) is 0 Å². The van der Waals surface area contributed by atoms with Crippen LogP contribution in [0.4, 0.5) is 5.69 Å². The van der Waals surface area contributed by atoms with Gasteiger partial charge in [-0.3, -0.25) is 0 Å². The Hall–Kier alpha value is -2.00. The van der Waals surface area contributed by atoms with E-state index in [1.54, 1.807) is 0 Å². The molecule has 2 N–H and O–H groups in total. The number of likely N-dealkylation sites (tertiary alicyclic amines) is 1. The zero-order valence-corrected chi connectivity index (χ0v) is 13.2. The highest BCUT2D eigenvalue weighted by molar-refractivity contribution is 5.77. The molecule has 0 spiro atoms. The molecule has 0 atom stereocenters. The number of hydrogen-bond donors (Lipinski definition) is 1. The fourth-order valence-corrected chi connectivity index (χ4v) is 2.95. The molecule has 0 bridgehead atoms. The Labute approximate surface area is 132 Å². The van der Waals surface area contributed by atoms with Gasteiger partial charge in [-0.25, -0.2) is 0 Å². The van der Waals surface area contributed by atoms with Crippen LogP contribution in [0, 0.1) is 5.92 Å². The van der Waals surface area contributed by atoms with Crippen LogP contribution in [0.25, 0.3) is 11.1 Å². The highest BCUT2D eigenvalue weighted by Crippen LogP contribution is 2.29. The molecule has 116 valence electrons. The van der Waals surface area contributed by atoms with Crippen LogP contribution in [0.5, 0.6) is 5.75 Å². The third-order valence-corrected chi connectivity index (χ3v) is 4.43. The zero-order valence-electron chi connectivity index (χ0n) is 13.2. The van der Waals surface area contributed by atoms with Crippen molar-refractivity contribution >= 4 is 5.69 Å². The van der Waals surface area contributed by atoms with Crippen molar-refractivity contribution in [2.75, 3.05) is 32.5 Å². The van der Waals surface area contributed by atoms with Crippen LogP contribution < -0.4 is 10.5 Å². The zero-order chi connectivity index (χ0) is 15.4. The first-order valence-corrected chi connectivity index (χ1v) is 7.98. The molecule has 2 aromatic rings. The van der Waals surface area contributed by atoms with Gasteiger partial charge in [-0.1, -0.05) is 30.3 Å². The van der Waals surface area contributed by atoms with Crippen LogP contribution in [0.1, 0.15) is 12.8 Å². The SMILES string of the molecule is CN1CCC(COc2ccc(-c3ccccc3)c(N)c2)CC1. The first-order valence-electron chi connectivity index (χ1n) is 7.98. The van der Waals surface area contributed by atoms with Crippen LogP contribution in [0.15, 0.2) is 48.5 Å². The Morgan fingerprint density at radius 1 is 1.09 bits per heavy atom. The highest BCUT2D eigenvalue weighted by Gasteiger charge is 2.17. The van der Waals surface area contributed by atoms with Gasteiger partial charge in [-0.2, -0.15) is 0 Å². The molecule has 0 unspecified atom stereocenters. The summed E-state index contributed by atoms with van der Waals surface area (Å²) in [6.07, 6.45) is 2.43. The number of nitrogens with two attached hydrogens (primary N) is 1. The maximum absolute atomic E-state index is 6.19. The van der Waals surface area contributed by atoms with E-state index in [1.165, 1.54) is 25.9 Å². The van der Waals surface area contributed by atoms with E-state index in [-0.39, 0.29) is 0 Å². The van der Waals surface area contributed by atoms with Gasteiger partial charge >= 0.3 is 0 Å². The van der Waals surface area contributed by atoms with Crippen molar-refractivity contribution < 1.29 is 4.74 Å². The summed E-state index contributed by atoms with van der Waals surface area (Å²) < 4.78 is 5.95. The number of nitrogen functional groups attached to an aromatic ring is 1. The van der Waals surface area contributed by atoms with Crippen LogP contribution in [-0.4, -0.2) is 31.6 Å². The van der Waals surface area contributed by atoms with E-state index >= 15 is 0 Å². The van der Waals surface area contributed by atoms with Gasteiger partial charge < -0.3 is 15.4 Å². The highest BCUT2D eigenvalue weighted by atomic mass is 16.5. The molecule has 22 heavy (non-hydrogen) atoms. The van der Waals surface area contributed by atoms with Crippen LogP contribution >= 0.6 is 0 Å². The predicted octanol–water partition coefficient (Wildman–Crippen LogP) is 3.66. The van der Waals surface area contributed by atoms with Gasteiger partial charge in [0.25, 0.3) is 0 Å². The average molecular weight is 296 g/mol. The number of nitrogens with zero attached hydrogens (tertiary/aromatic N) is 1. The molecule has 3 nitrogen and oxygen atoms in total. The van der Waals surface area contributed by atoms with E-state index in [0.717, 1.165) is 29.2 Å². The number of piperidine rings is 1. The topological polar surface area (TPSA) is 38.5 Å². The van der Waals surface area contributed by atoms with Crippen LogP contribution in [-0.2, 0) is 0 Å². The Morgan fingerprint density at radius 3 is 2.50 bits per heavy atom. The molecule has 1 fully saturated rings. The number of rotatable bonds is 4. The Kier molecular flexibility index (Phi) is 4.64. The summed E-state index contributed by atoms with van der Waals surface area (Å²) in [6, 6.07) is 16.2. The molecule has 0 amide bonds. The largest absolute Gasteiger partial charge is 0.493 e. The molecule has 0 radical (unpaired) electrons. The van der Waals surface area contributed by atoms with Gasteiger partial charge in [0.05, 0.1) is 6.61 Å². The van der Waals surface area contributed by atoms with E-state index in [9.17, 15) is 0 Å². The lowest BCUT2D eigenvalue weighted by Crippen LogP contribution is -2.32. The van der Waals surface area contributed by atoms with E-state index in [1.807, 2.05) is 30.3 Å². The summed E-state index contributed by atoms with van der Waals surface area (Å²) in [7, 11) is 2.18. The lowest BCUT2D eigenvalue weighted by atomic mass is 9.98. The summed E-state index contributed by atoms with van der Waals surface area (Å²) in [4.78, 5) is 2.38. The minimum absolute atomic E-state index is 0.659. The molecule has 3 rings (SSSR count). The van der Waals surface area contributed by atoms with Crippen molar-refractivity contribution in [2.45, 2.75) is 12.8 Å². The first-order chi connectivity index (χ1) is 10.7. The molecule has 1 aliphatic rings. The molecule has 1 heterocycles. The van der Waals surface area contributed by atoms with Crippen LogP contribution in [0.2, 0.25) is 0 Å². The van der Waals surface area contributed by atoms with E-state index in [4.69, 9.17) is 10.5 Å². The second-order valence-electron chi connectivity index (χ2n) is 6.17. The van der Waals surface area contributed by atoms with E-state index in [2.05, 4.69) is 30.1 Å². The second-order valence-corrected chi connectivity index (χ2v) is 6.17. The first kappa shape index (κ1) is 14.9. The van der Waals surface area contributed by atoms with Gasteiger partial charge in [0, 0.05) is 17.3 Å². The normalized spacial score (nSPS) is 16.6. The Balaban J connectivity index is 1.63. The van der Waals surface area contributed by atoms with Crippen molar-refractivity contribution in [3.63, 3.8) is 0 Å². The van der Waals surface area contributed by atoms with Gasteiger partial charge in [0.2, 0.25) is 0 Å².